The van der Waals surface area contributed by atoms with E-state index in [9.17, 15) is 4.79 Å². The van der Waals surface area contributed by atoms with Gasteiger partial charge in [0.05, 0.1) is 0 Å². The number of rotatable bonds is 6. The van der Waals surface area contributed by atoms with Crippen LogP contribution in [-0.2, 0) is 11.2 Å². The summed E-state index contributed by atoms with van der Waals surface area (Å²) < 4.78 is 0. The second kappa shape index (κ2) is 6.89. The molecule has 0 spiro atoms. The van der Waals surface area contributed by atoms with Gasteiger partial charge in [-0.25, -0.2) is 9.97 Å². The molecule has 0 bridgehead atoms. The molecule has 1 aliphatic heterocycles. The van der Waals surface area contributed by atoms with Gasteiger partial charge in [-0.2, -0.15) is 11.3 Å². The van der Waals surface area contributed by atoms with Crippen molar-refractivity contribution in [1.82, 2.24) is 15.3 Å². The first-order valence-electron chi connectivity index (χ1n) is 8.66. The van der Waals surface area contributed by atoms with Gasteiger partial charge in [0.25, 0.3) is 0 Å². The molecule has 0 radical (unpaired) electrons. The number of anilines is 1. The van der Waals surface area contributed by atoms with E-state index in [2.05, 4.69) is 32.0 Å². The molecule has 1 unspecified atom stereocenters. The molecule has 126 valence electrons. The number of nitrogens with one attached hydrogen (secondary N) is 1. The highest BCUT2D eigenvalue weighted by atomic mass is 32.1. The Morgan fingerprint density at radius 2 is 2.25 bits per heavy atom. The fraction of sp³-hybridized carbons (Fsp3) is 0.500. The number of carbonyl (C=O) groups is 1. The Morgan fingerprint density at radius 1 is 1.33 bits per heavy atom. The average Bonchev–Trinajstić information content (AvgIpc) is 3.13. The first-order chi connectivity index (χ1) is 11.8. The van der Waals surface area contributed by atoms with Gasteiger partial charge in [-0.1, -0.05) is 0 Å². The number of hydrogen-bond donors (Lipinski definition) is 1. The van der Waals surface area contributed by atoms with Crippen molar-refractivity contribution in [3.8, 4) is 0 Å². The number of hydrogen-bond acceptors (Lipinski definition) is 5. The standard InChI is InChI=1S/C18H22N4OS/c23-17(4-1-13-7-10-24-12-13)20-15-6-9-22(11-15)18-19-8-5-16(21-18)14-2-3-14/h5,7-8,10,12,14-15H,1-4,6,9,11H2,(H,20,23). The highest BCUT2D eigenvalue weighted by molar-refractivity contribution is 7.07. The zero-order chi connectivity index (χ0) is 16.4. The van der Waals surface area contributed by atoms with E-state index < -0.39 is 0 Å². The van der Waals surface area contributed by atoms with E-state index in [4.69, 9.17) is 4.98 Å². The van der Waals surface area contributed by atoms with Crippen molar-refractivity contribution < 1.29 is 4.79 Å². The van der Waals surface area contributed by atoms with E-state index >= 15 is 0 Å². The number of aryl methyl sites for hydroxylation is 1. The van der Waals surface area contributed by atoms with Crippen LogP contribution < -0.4 is 10.2 Å². The lowest BCUT2D eigenvalue weighted by molar-refractivity contribution is -0.121. The van der Waals surface area contributed by atoms with Gasteiger partial charge < -0.3 is 10.2 Å². The molecule has 2 aromatic heterocycles. The maximum Gasteiger partial charge on any atom is 0.225 e. The quantitative estimate of drug-likeness (QED) is 0.877. The Balaban J connectivity index is 1.28. The Bertz CT molecular complexity index is 699. The molecule has 1 aliphatic carbocycles. The minimum absolute atomic E-state index is 0.140. The second-order valence-corrected chi connectivity index (χ2v) is 7.47. The summed E-state index contributed by atoms with van der Waals surface area (Å²) in [6.07, 6.45) is 6.70. The third-order valence-electron chi connectivity index (χ3n) is 4.72. The predicted octanol–water partition coefficient (Wildman–Crippen LogP) is 2.74. The highest BCUT2D eigenvalue weighted by Crippen LogP contribution is 2.39. The summed E-state index contributed by atoms with van der Waals surface area (Å²) in [6, 6.07) is 4.31. The molecule has 2 aliphatic rings. The molecule has 1 saturated heterocycles. The molecule has 0 aromatic carbocycles. The van der Waals surface area contributed by atoms with Crippen molar-refractivity contribution in [2.75, 3.05) is 18.0 Å². The molecule has 1 saturated carbocycles. The van der Waals surface area contributed by atoms with Gasteiger partial charge in [0, 0.05) is 43.4 Å². The minimum atomic E-state index is 0.140. The van der Waals surface area contributed by atoms with Crippen molar-refractivity contribution in [2.45, 2.75) is 44.1 Å². The largest absolute Gasteiger partial charge is 0.352 e. The summed E-state index contributed by atoms with van der Waals surface area (Å²) in [5, 5.41) is 7.32. The Morgan fingerprint density at radius 3 is 3.04 bits per heavy atom. The van der Waals surface area contributed by atoms with E-state index in [1.165, 1.54) is 24.1 Å². The zero-order valence-electron chi connectivity index (χ0n) is 13.6. The Hall–Kier alpha value is -1.95. The summed E-state index contributed by atoms with van der Waals surface area (Å²) in [7, 11) is 0. The SMILES string of the molecule is O=C(CCc1ccsc1)NC1CCN(c2nccc(C3CC3)n2)C1. The first kappa shape index (κ1) is 15.6. The monoisotopic (exact) mass is 342 g/mol. The van der Waals surface area contributed by atoms with Gasteiger partial charge in [-0.05, 0) is 54.1 Å². The Labute approximate surface area is 146 Å². The number of thiophene rings is 1. The molecule has 1 atom stereocenters. The summed E-state index contributed by atoms with van der Waals surface area (Å²) >= 11 is 1.68. The zero-order valence-corrected chi connectivity index (χ0v) is 14.5. The summed E-state index contributed by atoms with van der Waals surface area (Å²) in [6.45, 7) is 1.71. The van der Waals surface area contributed by atoms with Crippen LogP contribution in [0.3, 0.4) is 0 Å². The molecule has 24 heavy (non-hydrogen) atoms. The topological polar surface area (TPSA) is 58.1 Å². The van der Waals surface area contributed by atoms with Crippen LogP contribution in [0.15, 0.2) is 29.1 Å². The van der Waals surface area contributed by atoms with E-state index in [1.807, 2.05) is 12.3 Å². The molecule has 2 aromatic rings. The maximum absolute atomic E-state index is 12.1. The van der Waals surface area contributed by atoms with Gasteiger partial charge >= 0.3 is 0 Å². The molecular formula is C18H22N4OS. The minimum Gasteiger partial charge on any atom is -0.352 e. The summed E-state index contributed by atoms with van der Waals surface area (Å²) in [5.41, 5.74) is 2.41. The smallest absolute Gasteiger partial charge is 0.225 e. The van der Waals surface area contributed by atoms with Gasteiger partial charge in [0.15, 0.2) is 0 Å². The lowest BCUT2D eigenvalue weighted by Crippen LogP contribution is -2.37. The first-order valence-corrected chi connectivity index (χ1v) is 9.60. The molecule has 6 heteroatoms. The van der Waals surface area contributed by atoms with Crippen LogP contribution in [-0.4, -0.2) is 35.0 Å². The number of nitrogens with zero attached hydrogens (tertiary/aromatic N) is 3. The van der Waals surface area contributed by atoms with Crippen molar-refractivity contribution >= 4 is 23.2 Å². The van der Waals surface area contributed by atoms with Gasteiger partial charge in [0.2, 0.25) is 11.9 Å². The second-order valence-electron chi connectivity index (χ2n) is 6.69. The number of amides is 1. The van der Waals surface area contributed by atoms with Crippen molar-refractivity contribution in [2.24, 2.45) is 0 Å². The fourth-order valence-corrected chi connectivity index (χ4v) is 3.88. The molecule has 5 nitrogen and oxygen atoms in total. The normalized spacial score (nSPS) is 20.3. The van der Waals surface area contributed by atoms with Gasteiger partial charge in [-0.15, -0.1) is 0 Å². The highest BCUT2D eigenvalue weighted by Gasteiger charge is 2.28. The lowest BCUT2D eigenvalue weighted by atomic mass is 10.2. The molecule has 2 fully saturated rings. The molecule has 1 N–H and O–H groups in total. The van der Waals surface area contributed by atoms with Gasteiger partial charge in [-0.3, -0.25) is 4.79 Å². The lowest BCUT2D eigenvalue weighted by Gasteiger charge is -2.17. The third kappa shape index (κ3) is 3.75. The van der Waals surface area contributed by atoms with Crippen LogP contribution in [0.5, 0.6) is 0 Å². The van der Waals surface area contributed by atoms with E-state index in [0.717, 1.165) is 31.9 Å². The van der Waals surface area contributed by atoms with Gasteiger partial charge in [0.1, 0.15) is 0 Å². The van der Waals surface area contributed by atoms with Crippen LogP contribution >= 0.6 is 11.3 Å². The van der Waals surface area contributed by atoms with Crippen LogP contribution in [0.2, 0.25) is 0 Å². The van der Waals surface area contributed by atoms with E-state index in [-0.39, 0.29) is 11.9 Å². The number of aromatic nitrogens is 2. The van der Waals surface area contributed by atoms with Crippen molar-refractivity contribution in [3.63, 3.8) is 0 Å². The number of carbonyl (C=O) groups excluding carboxylic acids is 1. The van der Waals surface area contributed by atoms with Crippen LogP contribution in [0.4, 0.5) is 5.95 Å². The van der Waals surface area contributed by atoms with Crippen LogP contribution in [0.25, 0.3) is 0 Å². The third-order valence-corrected chi connectivity index (χ3v) is 5.45. The Kier molecular flexibility index (Phi) is 4.47. The molecule has 3 heterocycles. The summed E-state index contributed by atoms with van der Waals surface area (Å²) in [5.74, 6) is 1.59. The predicted molar refractivity (Wildman–Crippen MR) is 95.4 cm³/mol. The van der Waals surface area contributed by atoms with E-state index in [0.29, 0.717) is 12.3 Å². The van der Waals surface area contributed by atoms with Crippen molar-refractivity contribution in [3.05, 3.63) is 40.3 Å². The van der Waals surface area contributed by atoms with Crippen molar-refractivity contribution in [1.29, 1.82) is 0 Å². The average molecular weight is 342 g/mol. The van der Waals surface area contributed by atoms with Crippen LogP contribution in [0.1, 0.15) is 42.9 Å². The summed E-state index contributed by atoms with van der Waals surface area (Å²) in [4.78, 5) is 23.4. The fourth-order valence-electron chi connectivity index (χ4n) is 3.17. The van der Waals surface area contributed by atoms with E-state index in [1.54, 1.807) is 11.3 Å². The maximum atomic E-state index is 12.1. The molecule has 4 rings (SSSR count). The van der Waals surface area contributed by atoms with Crippen LogP contribution in [0, 0.1) is 0 Å². The molecule has 1 amide bonds. The molecular weight excluding hydrogens is 320 g/mol.